The number of aromatic nitrogens is 2. The third kappa shape index (κ3) is 14.1. The highest BCUT2D eigenvalue weighted by Crippen LogP contribution is 2.45. The molecule has 3 heteroatoms. The highest BCUT2D eigenvalue weighted by molar-refractivity contribution is 5.36. The third-order valence-electron chi connectivity index (χ3n) is 16.1. The van der Waals surface area contributed by atoms with Crippen LogP contribution in [0.25, 0.3) is 0 Å². The Labute approximate surface area is 352 Å². The van der Waals surface area contributed by atoms with Crippen LogP contribution in [0.2, 0.25) is 0 Å². The second-order valence-corrected chi connectivity index (χ2v) is 20.4. The van der Waals surface area contributed by atoms with E-state index in [2.05, 4.69) is 39.8 Å². The van der Waals surface area contributed by atoms with Gasteiger partial charge in [0, 0.05) is 11.4 Å². The molecule has 6 rings (SSSR count). The van der Waals surface area contributed by atoms with E-state index in [4.69, 9.17) is 14.7 Å². The van der Waals surface area contributed by atoms with E-state index in [0.29, 0.717) is 0 Å². The molecule has 0 aromatic carbocycles. The van der Waals surface area contributed by atoms with Crippen LogP contribution in [0.15, 0.2) is 24.5 Å². The lowest BCUT2D eigenvalue weighted by atomic mass is 9.68. The maximum atomic E-state index is 6.75. The van der Waals surface area contributed by atoms with Crippen molar-refractivity contribution in [2.45, 2.75) is 233 Å². The maximum absolute atomic E-state index is 6.75. The second kappa shape index (κ2) is 24.4. The van der Waals surface area contributed by atoms with Crippen LogP contribution in [-0.2, 0) is 25.7 Å². The molecule has 0 amide bonds. The highest BCUT2D eigenvalue weighted by atomic mass is 16.5. The van der Waals surface area contributed by atoms with E-state index in [9.17, 15) is 0 Å². The Morgan fingerprint density at radius 1 is 0.421 bits per heavy atom. The Bertz CT molecular complexity index is 1280. The van der Waals surface area contributed by atoms with Crippen molar-refractivity contribution in [3.63, 3.8) is 0 Å². The topological polar surface area (TPSA) is 35.0 Å². The zero-order chi connectivity index (χ0) is 39.7. The minimum Gasteiger partial charge on any atom is -0.454 e. The van der Waals surface area contributed by atoms with Gasteiger partial charge in [0.1, 0.15) is 11.5 Å². The molecule has 0 saturated heterocycles. The number of hydrogen-bond acceptors (Lipinski definition) is 3. The molecule has 2 heterocycles. The lowest BCUT2D eigenvalue weighted by Crippen LogP contribution is -2.26. The smallest absolute Gasteiger partial charge is 0.146 e. The van der Waals surface area contributed by atoms with Gasteiger partial charge in [-0.2, -0.15) is 0 Å². The molecule has 0 unspecified atom stereocenters. The average Bonchev–Trinajstić information content (AvgIpc) is 3.24. The van der Waals surface area contributed by atoms with Gasteiger partial charge in [0.05, 0.1) is 12.4 Å². The van der Waals surface area contributed by atoms with Gasteiger partial charge in [-0.15, -0.1) is 0 Å². The predicted octanol–water partition coefficient (Wildman–Crippen LogP) is 16.4. The van der Waals surface area contributed by atoms with Crippen molar-refractivity contribution in [2.24, 2.45) is 47.3 Å². The molecule has 3 nitrogen and oxygen atoms in total. The van der Waals surface area contributed by atoms with Gasteiger partial charge in [0.15, 0.2) is 0 Å². The number of unbranched alkanes of at least 4 members (excludes halogenated alkanes) is 6. The first-order chi connectivity index (χ1) is 28.0. The lowest BCUT2D eigenvalue weighted by molar-refractivity contribution is 0.143. The summed E-state index contributed by atoms with van der Waals surface area (Å²) in [6.07, 6.45) is 48.0. The number of pyridine rings is 2. The predicted molar refractivity (Wildman–Crippen MR) is 243 cm³/mol. The fourth-order valence-electron chi connectivity index (χ4n) is 12.6. The van der Waals surface area contributed by atoms with Crippen molar-refractivity contribution in [2.75, 3.05) is 0 Å². The molecule has 4 aliphatic rings. The van der Waals surface area contributed by atoms with Crippen LogP contribution in [-0.4, -0.2) is 9.97 Å². The third-order valence-corrected chi connectivity index (χ3v) is 16.1. The summed E-state index contributed by atoms with van der Waals surface area (Å²) in [4.78, 5) is 10.3. The first-order valence-electron chi connectivity index (χ1n) is 25.7. The number of rotatable bonds is 22. The normalized spacial score (nSPS) is 28.4. The van der Waals surface area contributed by atoms with Crippen molar-refractivity contribution < 1.29 is 4.74 Å². The van der Waals surface area contributed by atoms with Crippen molar-refractivity contribution in [1.29, 1.82) is 0 Å². The Morgan fingerprint density at radius 2 is 0.772 bits per heavy atom. The quantitative estimate of drug-likeness (QED) is 0.112. The average molecular weight is 781 g/mol. The highest BCUT2D eigenvalue weighted by Gasteiger charge is 2.32. The van der Waals surface area contributed by atoms with E-state index in [-0.39, 0.29) is 0 Å². The monoisotopic (exact) mass is 781 g/mol. The molecule has 0 bridgehead atoms. The van der Waals surface area contributed by atoms with E-state index in [1.165, 1.54) is 215 Å². The van der Waals surface area contributed by atoms with Gasteiger partial charge in [-0.25, -0.2) is 0 Å². The van der Waals surface area contributed by atoms with Gasteiger partial charge >= 0.3 is 0 Å². The van der Waals surface area contributed by atoms with Crippen LogP contribution < -0.4 is 4.74 Å². The first kappa shape index (κ1) is 44.6. The summed E-state index contributed by atoms with van der Waals surface area (Å²) in [5.41, 5.74) is 5.59. The molecule has 4 saturated carbocycles. The summed E-state index contributed by atoms with van der Waals surface area (Å²) < 4.78 is 6.75. The van der Waals surface area contributed by atoms with Crippen molar-refractivity contribution >= 4 is 0 Å². The van der Waals surface area contributed by atoms with Gasteiger partial charge in [0.25, 0.3) is 0 Å². The van der Waals surface area contributed by atoms with E-state index in [1.54, 1.807) is 0 Å². The van der Waals surface area contributed by atoms with E-state index >= 15 is 0 Å². The Hall–Kier alpha value is -1.90. The molecular formula is C54H88N2O. The van der Waals surface area contributed by atoms with Gasteiger partial charge in [-0.05, 0) is 186 Å². The lowest BCUT2D eigenvalue weighted by Gasteiger charge is -2.38. The summed E-state index contributed by atoms with van der Waals surface area (Å²) in [7, 11) is 0. The summed E-state index contributed by atoms with van der Waals surface area (Å²) in [6.45, 7) is 9.36. The summed E-state index contributed by atoms with van der Waals surface area (Å²) >= 11 is 0. The zero-order valence-electron chi connectivity index (χ0n) is 37.9. The molecule has 57 heavy (non-hydrogen) atoms. The van der Waals surface area contributed by atoms with Crippen molar-refractivity contribution in [3.8, 4) is 11.5 Å². The molecule has 0 atom stereocenters. The van der Waals surface area contributed by atoms with Crippen LogP contribution in [0, 0.1) is 47.3 Å². The van der Waals surface area contributed by atoms with Gasteiger partial charge in [-0.1, -0.05) is 118 Å². The maximum Gasteiger partial charge on any atom is 0.146 e. The Morgan fingerprint density at radius 3 is 1.11 bits per heavy atom. The summed E-state index contributed by atoms with van der Waals surface area (Å²) in [5, 5.41) is 0. The molecule has 2 aromatic rings. The number of ether oxygens (including phenoxy) is 1. The van der Waals surface area contributed by atoms with E-state index < -0.39 is 0 Å². The Kier molecular flexibility index (Phi) is 19.1. The van der Waals surface area contributed by atoms with Crippen LogP contribution in [0.1, 0.15) is 230 Å². The van der Waals surface area contributed by atoms with Crippen LogP contribution >= 0.6 is 0 Å². The van der Waals surface area contributed by atoms with Crippen LogP contribution in [0.5, 0.6) is 11.5 Å². The van der Waals surface area contributed by atoms with Crippen LogP contribution in [0.3, 0.4) is 0 Å². The summed E-state index contributed by atoms with van der Waals surface area (Å²) in [6, 6.07) is 4.77. The van der Waals surface area contributed by atoms with E-state index in [1.807, 2.05) is 12.4 Å². The van der Waals surface area contributed by atoms with Crippen LogP contribution in [0.4, 0.5) is 0 Å². The minimum absolute atomic E-state index is 0.788. The molecule has 320 valence electrons. The number of hydrogen-bond donors (Lipinski definition) is 0. The van der Waals surface area contributed by atoms with E-state index in [0.717, 1.165) is 71.7 Å². The molecule has 2 aromatic heterocycles. The molecule has 0 aliphatic heterocycles. The zero-order valence-corrected chi connectivity index (χ0v) is 37.9. The van der Waals surface area contributed by atoms with Crippen molar-refractivity contribution in [1.82, 2.24) is 9.97 Å². The second-order valence-electron chi connectivity index (χ2n) is 20.4. The molecular weight excluding hydrogens is 693 g/mol. The van der Waals surface area contributed by atoms with Gasteiger partial charge < -0.3 is 4.74 Å². The molecule has 4 fully saturated rings. The standard InChI is InChI=1S/C54H88N2O/c1-5-9-11-13-17-53-49(35-43-23-31-47(32-24-43)45-27-19-41(15-7-3)20-28-45)37-51(39-55-53)57-52-38-50(54(56-40-52)18-14-12-10-6-2)36-44-25-33-48(34-26-44)46-29-21-42(16-8-4)22-30-46/h37-48H,5-36H2,1-4H3. The SMILES string of the molecule is CCCCCCc1ncc(Oc2cnc(CCCCCC)c(CC3CCC(C4CCC(CCC)CC4)CC3)c2)cc1CC1CCC(C2CCC(CCC)CC2)CC1. The van der Waals surface area contributed by atoms with Crippen molar-refractivity contribution in [3.05, 3.63) is 47.0 Å². The first-order valence-corrected chi connectivity index (χ1v) is 25.7. The largest absolute Gasteiger partial charge is 0.454 e. The van der Waals surface area contributed by atoms with Gasteiger partial charge in [0.2, 0.25) is 0 Å². The molecule has 0 spiro atoms. The molecule has 0 N–H and O–H groups in total. The fourth-order valence-corrected chi connectivity index (χ4v) is 12.6. The Balaban J connectivity index is 1.08. The number of aryl methyl sites for hydroxylation is 2. The van der Waals surface area contributed by atoms with Gasteiger partial charge in [-0.3, -0.25) is 9.97 Å². The molecule has 4 aliphatic carbocycles. The fraction of sp³-hybridized carbons (Fsp3) is 0.815. The number of nitrogens with zero attached hydrogens (tertiary/aromatic N) is 2. The minimum atomic E-state index is 0.788. The molecule has 0 radical (unpaired) electrons. The summed E-state index contributed by atoms with van der Waals surface area (Å²) in [5.74, 6) is 9.40.